The number of rotatable bonds is 2. The summed E-state index contributed by atoms with van der Waals surface area (Å²) in [5, 5.41) is 14.3. The molecular formula is C17H15FIN3O3. The number of aromatic hydroxyl groups is 1. The molecule has 4 rings (SSSR count). The predicted molar refractivity (Wildman–Crippen MR) is 96.4 cm³/mol. The maximum absolute atomic E-state index is 13.7. The fourth-order valence-corrected chi connectivity index (χ4v) is 4.95. The second-order valence-electron chi connectivity index (χ2n) is 6.31. The number of nitrogens with zero attached hydrogens (tertiary/aromatic N) is 3. The summed E-state index contributed by atoms with van der Waals surface area (Å²) in [6.45, 7) is 0.578. The monoisotopic (exact) mass is 455 g/mol. The third-order valence-corrected chi connectivity index (χ3v) is 6.35. The van der Waals surface area contributed by atoms with Gasteiger partial charge in [-0.15, -0.1) is 0 Å². The molecular weight excluding hydrogens is 440 g/mol. The summed E-state index contributed by atoms with van der Waals surface area (Å²) in [7, 11) is 0. The molecule has 2 aliphatic heterocycles. The Morgan fingerprint density at radius 3 is 2.92 bits per heavy atom. The van der Waals surface area contributed by atoms with Crippen molar-refractivity contribution < 1.29 is 14.3 Å². The first kappa shape index (κ1) is 16.5. The molecule has 0 unspecified atom stereocenters. The third kappa shape index (κ3) is 2.54. The summed E-state index contributed by atoms with van der Waals surface area (Å²) in [5.74, 6) is -1.27. The molecule has 130 valence electrons. The van der Waals surface area contributed by atoms with Gasteiger partial charge in [-0.1, -0.05) is 34.7 Å². The van der Waals surface area contributed by atoms with Crippen LogP contribution in [0.5, 0.6) is 5.75 Å². The van der Waals surface area contributed by atoms with E-state index in [2.05, 4.69) is 27.7 Å². The van der Waals surface area contributed by atoms with E-state index in [1.54, 1.807) is 11.0 Å². The molecule has 1 aromatic heterocycles. The lowest BCUT2D eigenvalue weighted by molar-refractivity contribution is 0.0582. The minimum Gasteiger partial charge on any atom is -0.502 e. The second-order valence-corrected chi connectivity index (χ2v) is 7.65. The van der Waals surface area contributed by atoms with Crippen LogP contribution in [0.2, 0.25) is 0 Å². The molecule has 3 atom stereocenters. The van der Waals surface area contributed by atoms with Crippen molar-refractivity contribution in [3.8, 4) is 5.75 Å². The van der Waals surface area contributed by atoms with Crippen LogP contribution in [0.15, 0.2) is 35.3 Å². The maximum atomic E-state index is 13.7. The number of carbonyl (C=O) groups excluding carboxylic acids is 1. The molecule has 2 aromatic rings. The Morgan fingerprint density at radius 1 is 1.36 bits per heavy atom. The molecule has 0 radical (unpaired) electrons. The number of fused-ring (bicyclic) bond motifs is 2. The normalized spacial score (nSPS) is 23.3. The van der Waals surface area contributed by atoms with E-state index in [1.165, 1.54) is 16.8 Å². The lowest BCUT2D eigenvalue weighted by atomic mass is 9.95. The number of hydrogen-bond acceptors (Lipinski definition) is 4. The van der Waals surface area contributed by atoms with Crippen molar-refractivity contribution >= 4 is 28.5 Å². The highest BCUT2D eigenvalue weighted by Gasteiger charge is 2.47. The van der Waals surface area contributed by atoms with E-state index in [4.69, 9.17) is 0 Å². The Balaban J connectivity index is 1.89. The highest BCUT2D eigenvalue weighted by molar-refractivity contribution is 14.1. The van der Waals surface area contributed by atoms with Gasteiger partial charge in [0.2, 0.25) is 5.43 Å². The molecule has 3 heterocycles. The van der Waals surface area contributed by atoms with Gasteiger partial charge in [0.1, 0.15) is 5.82 Å². The SMILES string of the molecule is O=C1c2c(O)c(=O)cnn2[C@@H]([C@H](I)c2cccc(F)c2)[C@H]2CCCN12. The molecule has 0 saturated carbocycles. The minimum absolute atomic E-state index is 0.0753. The van der Waals surface area contributed by atoms with Crippen LogP contribution in [0, 0.1) is 5.82 Å². The summed E-state index contributed by atoms with van der Waals surface area (Å²) in [4.78, 5) is 26.2. The second kappa shape index (κ2) is 6.08. The molecule has 0 bridgehead atoms. The molecule has 2 aliphatic rings. The summed E-state index contributed by atoms with van der Waals surface area (Å²) in [6.07, 6.45) is 2.68. The molecule has 1 N–H and O–H groups in total. The molecule has 8 heteroatoms. The van der Waals surface area contributed by atoms with Crippen molar-refractivity contribution in [3.05, 3.63) is 57.8 Å². The average Bonchev–Trinajstić information content (AvgIpc) is 3.07. The minimum atomic E-state index is -0.674. The molecule has 25 heavy (non-hydrogen) atoms. The molecule has 1 aromatic carbocycles. The van der Waals surface area contributed by atoms with Gasteiger partial charge in [-0.2, -0.15) is 5.10 Å². The van der Waals surface area contributed by atoms with Crippen LogP contribution in [0.4, 0.5) is 4.39 Å². The topological polar surface area (TPSA) is 75.4 Å². The summed E-state index contributed by atoms with van der Waals surface area (Å²) >= 11 is 2.22. The van der Waals surface area contributed by atoms with Gasteiger partial charge in [0.25, 0.3) is 5.91 Å². The lowest BCUT2D eigenvalue weighted by Gasteiger charge is -2.40. The van der Waals surface area contributed by atoms with Crippen LogP contribution in [0.25, 0.3) is 0 Å². The van der Waals surface area contributed by atoms with Crippen molar-refractivity contribution in [2.75, 3.05) is 6.54 Å². The van der Waals surface area contributed by atoms with E-state index in [-0.39, 0.29) is 33.4 Å². The summed E-state index contributed by atoms with van der Waals surface area (Å²) < 4.78 is 14.9. The van der Waals surface area contributed by atoms with E-state index in [0.717, 1.165) is 24.6 Å². The first-order valence-corrected chi connectivity index (χ1v) is 9.25. The van der Waals surface area contributed by atoms with Crippen molar-refractivity contribution in [3.63, 3.8) is 0 Å². The molecule has 0 aliphatic carbocycles. The van der Waals surface area contributed by atoms with Crippen molar-refractivity contribution in [1.82, 2.24) is 14.7 Å². The van der Waals surface area contributed by atoms with Gasteiger partial charge in [0.15, 0.2) is 11.4 Å². The van der Waals surface area contributed by atoms with Crippen molar-refractivity contribution in [2.45, 2.75) is 28.8 Å². The molecule has 6 nitrogen and oxygen atoms in total. The summed E-state index contributed by atoms with van der Waals surface area (Å²) in [6, 6.07) is 5.94. The van der Waals surface area contributed by atoms with E-state index in [9.17, 15) is 19.1 Å². The van der Waals surface area contributed by atoms with Crippen LogP contribution in [-0.4, -0.2) is 38.3 Å². The highest BCUT2D eigenvalue weighted by Crippen LogP contribution is 2.45. The summed E-state index contributed by atoms with van der Waals surface area (Å²) in [5.41, 5.74) is 0.0261. The quantitative estimate of drug-likeness (QED) is 0.558. The van der Waals surface area contributed by atoms with E-state index >= 15 is 0 Å². The molecule has 1 fully saturated rings. The zero-order chi connectivity index (χ0) is 17.7. The van der Waals surface area contributed by atoms with Gasteiger partial charge in [0.05, 0.1) is 22.2 Å². The van der Waals surface area contributed by atoms with Crippen molar-refractivity contribution in [2.24, 2.45) is 0 Å². The van der Waals surface area contributed by atoms with Gasteiger partial charge < -0.3 is 10.0 Å². The zero-order valence-electron chi connectivity index (χ0n) is 13.1. The Bertz CT molecular complexity index is 916. The number of alkyl halides is 1. The van der Waals surface area contributed by atoms with Crippen LogP contribution in [-0.2, 0) is 0 Å². The number of aromatic nitrogens is 2. The smallest absolute Gasteiger partial charge is 0.276 e. The molecule has 1 saturated heterocycles. The fourth-order valence-electron chi connectivity index (χ4n) is 3.78. The van der Waals surface area contributed by atoms with Gasteiger partial charge in [-0.3, -0.25) is 9.59 Å². The highest BCUT2D eigenvalue weighted by atomic mass is 127. The molecule has 1 amide bonds. The van der Waals surface area contributed by atoms with Gasteiger partial charge >= 0.3 is 0 Å². The maximum Gasteiger partial charge on any atom is 0.276 e. The van der Waals surface area contributed by atoms with Gasteiger partial charge in [0, 0.05) is 6.54 Å². The average molecular weight is 455 g/mol. The number of halogens is 2. The van der Waals surface area contributed by atoms with Crippen LogP contribution < -0.4 is 5.43 Å². The first-order chi connectivity index (χ1) is 12.0. The Labute approximate surface area is 156 Å². The number of hydrogen-bond donors (Lipinski definition) is 1. The van der Waals surface area contributed by atoms with Crippen LogP contribution >= 0.6 is 22.6 Å². The van der Waals surface area contributed by atoms with Crippen LogP contribution in [0.3, 0.4) is 0 Å². The first-order valence-electron chi connectivity index (χ1n) is 8.00. The van der Waals surface area contributed by atoms with Gasteiger partial charge in [-0.05, 0) is 30.5 Å². The van der Waals surface area contributed by atoms with Gasteiger partial charge in [-0.25, -0.2) is 9.07 Å². The lowest BCUT2D eigenvalue weighted by Crippen LogP contribution is -2.50. The Morgan fingerprint density at radius 2 is 2.16 bits per heavy atom. The zero-order valence-corrected chi connectivity index (χ0v) is 15.3. The Hall–Kier alpha value is -1.97. The number of benzene rings is 1. The van der Waals surface area contributed by atoms with E-state index in [1.807, 2.05) is 6.07 Å². The fraction of sp³-hybridized carbons (Fsp3) is 0.353. The third-order valence-electron chi connectivity index (χ3n) is 4.89. The predicted octanol–water partition coefficient (Wildman–Crippen LogP) is 2.42. The molecule has 0 spiro atoms. The van der Waals surface area contributed by atoms with E-state index in [0.29, 0.717) is 6.54 Å². The van der Waals surface area contributed by atoms with E-state index < -0.39 is 11.2 Å². The largest absolute Gasteiger partial charge is 0.502 e. The van der Waals surface area contributed by atoms with Crippen molar-refractivity contribution in [1.29, 1.82) is 0 Å². The standard InChI is InChI=1S/C17H15FIN3O3/c18-10-4-1-3-9(7-10)13(19)14-11-5-2-6-21(11)17(25)15-16(24)12(23)8-20-22(14)15/h1,3-4,7-8,11,13-14,24H,2,5-6H2/t11-,13-,14-/m1/s1. The Kier molecular flexibility index (Phi) is 4.01. The van der Waals surface area contributed by atoms with Crippen LogP contribution in [0.1, 0.15) is 38.9 Å². The number of amides is 1. The number of carbonyl (C=O) groups is 1.